The molecule has 1 nitrogen and oxygen atoms in total. The molecule has 0 unspecified atom stereocenters. The first-order valence-corrected chi connectivity index (χ1v) is 4.97. The summed E-state index contributed by atoms with van der Waals surface area (Å²) in [5, 5.41) is 2.73. The van der Waals surface area contributed by atoms with Crippen molar-refractivity contribution in [3.8, 4) is 0 Å². The Hall–Kier alpha value is -0.180. The number of nitrogens with one attached hydrogen (secondary N) is 1. The van der Waals surface area contributed by atoms with Gasteiger partial charge in [0.1, 0.15) is 0 Å². The first-order chi connectivity index (χ1) is 5.98. The fourth-order valence-electron chi connectivity index (χ4n) is 1.08. The molecule has 0 aliphatic heterocycles. The molecule has 0 amide bonds. The van der Waals surface area contributed by atoms with Crippen LogP contribution in [0.2, 0.25) is 0 Å². The van der Waals surface area contributed by atoms with E-state index >= 15 is 0 Å². The van der Waals surface area contributed by atoms with Crippen LogP contribution in [0.3, 0.4) is 0 Å². The second-order valence-electron chi connectivity index (χ2n) is 4.22. The smallest absolute Gasteiger partial charge is 0.250 e. The Balaban J connectivity index is 3.26. The van der Waals surface area contributed by atoms with Crippen molar-refractivity contribution in [2.45, 2.75) is 46.5 Å². The largest absolute Gasteiger partial charge is 0.311 e. The highest BCUT2D eigenvalue weighted by atomic mass is 19.3. The van der Waals surface area contributed by atoms with Gasteiger partial charge in [-0.15, -0.1) is 0 Å². The van der Waals surface area contributed by atoms with Gasteiger partial charge in [-0.2, -0.15) is 0 Å². The van der Waals surface area contributed by atoms with E-state index < -0.39 is 6.43 Å². The van der Waals surface area contributed by atoms with Gasteiger partial charge in [-0.1, -0.05) is 27.2 Å². The molecule has 0 aromatic carbocycles. The van der Waals surface area contributed by atoms with E-state index in [0.29, 0.717) is 12.0 Å². The molecule has 0 saturated heterocycles. The third-order valence-electron chi connectivity index (χ3n) is 2.46. The maximum Gasteiger partial charge on any atom is 0.250 e. The maximum atomic E-state index is 11.7. The molecule has 0 heterocycles. The van der Waals surface area contributed by atoms with Crippen LogP contribution in [0.4, 0.5) is 8.78 Å². The summed E-state index contributed by atoms with van der Waals surface area (Å²) in [6.07, 6.45) is 0.994. The maximum absolute atomic E-state index is 11.7. The lowest BCUT2D eigenvalue weighted by Crippen LogP contribution is -2.23. The monoisotopic (exact) mass is 193 g/mol. The number of hydrogen-bond donors (Lipinski definition) is 1. The predicted molar refractivity (Wildman–Crippen MR) is 52.2 cm³/mol. The molecule has 13 heavy (non-hydrogen) atoms. The van der Waals surface area contributed by atoms with E-state index in [1.54, 1.807) is 0 Å². The van der Waals surface area contributed by atoms with Gasteiger partial charge in [0.15, 0.2) is 0 Å². The van der Waals surface area contributed by atoms with Crippen LogP contribution >= 0.6 is 0 Å². The summed E-state index contributed by atoms with van der Waals surface area (Å²) < 4.78 is 23.4. The van der Waals surface area contributed by atoms with Gasteiger partial charge in [-0.3, -0.25) is 0 Å². The highest BCUT2D eigenvalue weighted by molar-refractivity contribution is 4.66. The third kappa shape index (κ3) is 8.16. The average Bonchev–Trinajstić information content (AvgIpc) is 2.03. The van der Waals surface area contributed by atoms with Crippen molar-refractivity contribution in [2.75, 3.05) is 13.1 Å². The molecule has 0 aromatic rings. The van der Waals surface area contributed by atoms with Crippen LogP contribution in [0.25, 0.3) is 0 Å². The van der Waals surface area contributed by atoms with Crippen LogP contribution in [0.15, 0.2) is 0 Å². The molecule has 0 bridgehead atoms. The Morgan fingerprint density at radius 2 is 1.92 bits per heavy atom. The number of halogens is 2. The summed E-state index contributed by atoms with van der Waals surface area (Å²) in [5.74, 6) is 0. The lowest BCUT2D eigenvalue weighted by atomic mass is 9.85. The molecular weight excluding hydrogens is 172 g/mol. The molecule has 0 aliphatic rings. The van der Waals surface area contributed by atoms with E-state index in [4.69, 9.17) is 0 Å². The summed E-state index contributed by atoms with van der Waals surface area (Å²) in [6, 6.07) is 0. The highest BCUT2D eigenvalue weighted by Gasteiger charge is 2.13. The Bertz CT molecular complexity index is 124. The third-order valence-corrected chi connectivity index (χ3v) is 2.46. The van der Waals surface area contributed by atoms with Gasteiger partial charge in [0, 0.05) is 0 Å². The molecule has 0 atom stereocenters. The Morgan fingerprint density at radius 1 is 1.31 bits per heavy atom. The lowest BCUT2D eigenvalue weighted by molar-refractivity contribution is 0.145. The standard InChI is InChI=1S/C10H21F2N/c1-4-10(2,3)6-5-7-13-8-9(11)12/h9,13H,4-8H2,1-3H3. The number of hydrogen-bond acceptors (Lipinski definition) is 1. The quantitative estimate of drug-likeness (QED) is 0.613. The predicted octanol–water partition coefficient (Wildman–Crippen LogP) is 3.06. The molecule has 80 valence electrons. The van der Waals surface area contributed by atoms with Crippen molar-refractivity contribution in [3.63, 3.8) is 0 Å². The van der Waals surface area contributed by atoms with E-state index in [2.05, 4.69) is 26.1 Å². The topological polar surface area (TPSA) is 12.0 Å². The van der Waals surface area contributed by atoms with Gasteiger partial charge in [0.2, 0.25) is 0 Å². The van der Waals surface area contributed by atoms with Gasteiger partial charge in [0.25, 0.3) is 6.43 Å². The van der Waals surface area contributed by atoms with E-state index in [1.165, 1.54) is 0 Å². The summed E-state index contributed by atoms with van der Waals surface area (Å²) in [7, 11) is 0. The number of alkyl halides is 2. The van der Waals surface area contributed by atoms with Crippen molar-refractivity contribution in [2.24, 2.45) is 5.41 Å². The van der Waals surface area contributed by atoms with Crippen molar-refractivity contribution in [1.82, 2.24) is 5.32 Å². The zero-order valence-electron chi connectivity index (χ0n) is 8.87. The average molecular weight is 193 g/mol. The van der Waals surface area contributed by atoms with Gasteiger partial charge in [-0.05, 0) is 24.8 Å². The van der Waals surface area contributed by atoms with Crippen LogP contribution in [-0.2, 0) is 0 Å². The first-order valence-electron chi connectivity index (χ1n) is 4.97. The molecular formula is C10H21F2N. The zero-order chi connectivity index (χ0) is 10.3. The van der Waals surface area contributed by atoms with Crippen molar-refractivity contribution < 1.29 is 8.78 Å². The summed E-state index contributed by atoms with van der Waals surface area (Å²) >= 11 is 0. The molecule has 0 aromatic heterocycles. The van der Waals surface area contributed by atoms with E-state index in [1.807, 2.05) is 0 Å². The minimum absolute atomic E-state index is 0.174. The summed E-state index contributed by atoms with van der Waals surface area (Å²) in [6.45, 7) is 7.10. The van der Waals surface area contributed by atoms with Crippen LogP contribution in [0.1, 0.15) is 40.0 Å². The summed E-state index contributed by atoms with van der Waals surface area (Å²) in [5.41, 5.74) is 0.354. The Kier molecular flexibility index (Phi) is 6.21. The SMILES string of the molecule is CCC(C)(C)CCCNCC(F)F. The Labute approximate surface area is 79.9 Å². The number of rotatable bonds is 7. The van der Waals surface area contributed by atoms with Crippen LogP contribution in [0.5, 0.6) is 0 Å². The van der Waals surface area contributed by atoms with Crippen molar-refractivity contribution in [3.05, 3.63) is 0 Å². The molecule has 1 N–H and O–H groups in total. The molecule has 0 radical (unpaired) electrons. The molecule has 0 spiro atoms. The zero-order valence-corrected chi connectivity index (χ0v) is 8.87. The van der Waals surface area contributed by atoms with Gasteiger partial charge >= 0.3 is 0 Å². The van der Waals surface area contributed by atoms with E-state index in [0.717, 1.165) is 19.3 Å². The molecule has 0 rings (SSSR count). The van der Waals surface area contributed by atoms with Gasteiger partial charge in [-0.25, -0.2) is 8.78 Å². The highest BCUT2D eigenvalue weighted by Crippen LogP contribution is 2.25. The Morgan fingerprint density at radius 3 is 2.38 bits per heavy atom. The summed E-state index contributed by atoms with van der Waals surface area (Å²) in [4.78, 5) is 0. The van der Waals surface area contributed by atoms with Crippen LogP contribution in [-0.4, -0.2) is 19.5 Å². The minimum Gasteiger partial charge on any atom is -0.311 e. The van der Waals surface area contributed by atoms with E-state index in [9.17, 15) is 8.78 Å². The fraction of sp³-hybridized carbons (Fsp3) is 1.00. The van der Waals surface area contributed by atoms with E-state index in [-0.39, 0.29) is 6.54 Å². The van der Waals surface area contributed by atoms with Gasteiger partial charge in [0.05, 0.1) is 6.54 Å². The van der Waals surface area contributed by atoms with Gasteiger partial charge < -0.3 is 5.32 Å². The second-order valence-corrected chi connectivity index (χ2v) is 4.22. The van der Waals surface area contributed by atoms with Crippen molar-refractivity contribution >= 4 is 0 Å². The molecule has 3 heteroatoms. The second kappa shape index (κ2) is 6.30. The molecule has 0 aliphatic carbocycles. The normalized spacial score (nSPS) is 12.5. The minimum atomic E-state index is -2.22. The van der Waals surface area contributed by atoms with Crippen molar-refractivity contribution in [1.29, 1.82) is 0 Å². The lowest BCUT2D eigenvalue weighted by Gasteiger charge is -2.22. The fourth-order valence-corrected chi connectivity index (χ4v) is 1.08. The van der Waals surface area contributed by atoms with Crippen LogP contribution in [0, 0.1) is 5.41 Å². The molecule has 0 fully saturated rings. The van der Waals surface area contributed by atoms with Crippen LogP contribution < -0.4 is 5.32 Å². The first kappa shape index (κ1) is 12.8. The molecule has 0 saturated carbocycles.